The van der Waals surface area contributed by atoms with Gasteiger partial charge in [-0.15, -0.1) is 0 Å². The summed E-state index contributed by atoms with van der Waals surface area (Å²) in [6, 6.07) is 8.23. The summed E-state index contributed by atoms with van der Waals surface area (Å²) in [5.74, 6) is 1.80. The van der Waals surface area contributed by atoms with Crippen LogP contribution in [-0.2, 0) is 0 Å². The predicted octanol–water partition coefficient (Wildman–Crippen LogP) is 3.61. The zero-order valence-electron chi connectivity index (χ0n) is 11.9. The minimum absolute atomic E-state index is 0.197. The molecule has 1 N–H and O–H groups in total. The van der Waals surface area contributed by atoms with Crippen molar-refractivity contribution in [3.05, 3.63) is 35.7 Å². The summed E-state index contributed by atoms with van der Waals surface area (Å²) in [7, 11) is 0. The number of rotatable bonds is 2. The average Bonchev–Trinajstić information content (AvgIpc) is 3.14. The highest BCUT2D eigenvalue weighted by atomic mass is 16.5. The molecule has 3 aromatic rings. The van der Waals surface area contributed by atoms with Gasteiger partial charge in [0.1, 0.15) is 5.58 Å². The molecule has 1 unspecified atom stereocenters. The third-order valence-electron chi connectivity index (χ3n) is 3.95. The minimum Gasteiger partial charge on any atom is -0.451 e. The lowest BCUT2D eigenvalue weighted by atomic mass is 10.0. The number of nitrogens with zero attached hydrogens (tertiary/aromatic N) is 2. The van der Waals surface area contributed by atoms with Crippen LogP contribution >= 0.6 is 0 Å². The van der Waals surface area contributed by atoms with Crippen LogP contribution in [-0.4, -0.2) is 16.7 Å². The van der Waals surface area contributed by atoms with Crippen LogP contribution in [0.15, 0.2) is 33.2 Å². The number of nitrogens with one attached hydrogen (secondary N) is 1. The van der Waals surface area contributed by atoms with Crippen molar-refractivity contribution in [1.82, 2.24) is 15.5 Å². The van der Waals surface area contributed by atoms with Gasteiger partial charge in [-0.2, -0.15) is 4.98 Å². The van der Waals surface area contributed by atoms with E-state index >= 15 is 0 Å². The Bertz CT molecular complexity index is 769. The Morgan fingerprint density at radius 2 is 2.19 bits per heavy atom. The quantitative estimate of drug-likeness (QED) is 0.778. The maximum absolute atomic E-state index is 5.79. The lowest BCUT2D eigenvalue weighted by Crippen LogP contribution is -2.27. The average molecular weight is 283 g/mol. The van der Waals surface area contributed by atoms with Crippen LogP contribution in [0.4, 0.5) is 0 Å². The summed E-state index contributed by atoms with van der Waals surface area (Å²) in [6.07, 6.45) is 3.47. The van der Waals surface area contributed by atoms with Crippen molar-refractivity contribution in [2.45, 2.75) is 32.2 Å². The molecule has 4 rings (SSSR count). The molecule has 0 radical (unpaired) electrons. The fraction of sp³-hybridized carbons (Fsp3) is 0.375. The molecule has 3 heterocycles. The van der Waals surface area contributed by atoms with E-state index in [0.29, 0.717) is 11.7 Å². The molecular formula is C16H17N3O2. The van der Waals surface area contributed by atoms with Crippen LogP contribution in [0.25, 0.3) is 22.6 Å². The maximum Gasteiger partial charge on any atom is 0.293 e. The van der Waals surface area contributed by atoms with Crippen molar-refractivity contribution in [3.8, 4) is 11.7 Å². The summed E-state index contributed by atoms with van der Waals surface area (Å²) in [6.45, 7) is 3.07. The number of furan rings is 1. The second-order valence-corrected chi connectivity index (χ2v) is 5.61. The molecule has 5 nitrogen and oxygen atoms in total. The van der Waals surface area contributed by atoms with Gasteiger partial charge in [-0.3, -0.25) is 0 Å². The lowest BCUT2D eigenvalue weighted by Gasteiger charge is -2.19. The van der Waals surface area contributed by atoms with Crippen molar-refractivity contribution in [2.75, 3.05) is 6.54 Å². The summed E-state index contributed by atoms with van der Waals surface area (Å²) in [5.41, 5.74) is 2.04. The summed E-state index contributed by atoms with van der Waals surface area (Å²) >= 11 is 0. The standard InChI is InChI=1S/C16H17N3O2/c1-10-5-6-13-11(8-10)9-14(20-13)16-18-15(19-21-16)12-4-2-3-7-17-12/h5-6,8-9,12,17H,2-4,7H2,1H3. The number of fused-ring (bicyclic) bond motifs is 1. The van der Waals surface area contributed by atoms with Gasteiger partial charge in [-0.25, -0.2) is 0 Å². The molecule has 1 saturated heterocycles. The third kappa shape index (κ3) is 2.34. The first kappa shape index (κ1) is 12.6. The first-order valence-corrected chi connectivity index (χ1v) is 7.37. The van der Waals surface area contributed by atoms with E-state index in [2.05, 4.69) is 28.4 Å². The summed E-state index contributed by atoms with van der Waals surface area (Å²) < 4.78 is 11.2. The van der Waals surface area contributed by atoms with E-state index in [1.807, 2.05) is 18.2 Å². The molecule has 1 atom stereocenters. The van der Waals surface area contributed by atoms with Crippen LogP contribution < -0.4 is 5.32 Å². The van der Waals surface area contributed by atoms with E-state index in [4.69, 9.17) is 8.94 Å². The van der Waals surface area contributed by atoms with Gasteiger partial charge >= 0.3 is 0 Å². The number of aromatic nitrogens is 2. The summed E-state index contributed by atoms with van der Waals surface area (Å²) in [4.78, 5) is 4.49. The van der Waals surface area contributed by atoms with Crippen LogP contribution in [0, 0.1) is 6.92 Å². The second kappa shape index (κ2) is 5.00. The van der Waals surface area contributed by atoms with E-state index in [9.17, 15) is 0 Å². The van der Waals surface area contributed by atoms with Crippen molar-refractivity contribution in [3.63, 3.8) is 0 Å². The van der Waals surface area contributed by atoms with Gasteiger partial charge in [0.15, 0.2) is 11.6 Å². The van der Waals surface area contributed by atoms with Crippen molar-refractivity contribution >= 4 is 11.0 Å². The molecule has 5 heteroatoms. The summed E-state index contributed by atoms with van der Waals surface area (Å²) in [5, 5.41) is 8.57. The largest absolute Gasteiger partial charge is 0.451 e. The van der Waals surface area contributed by atoms with Crippen molar-refractivity contribution < 1.29 is 8.94 Å². The Labute approximate surface area is 122 Å². The van der Waals surface area contributed by atoms with E-state index in [1.165, 1.54) is 18.4 Å². The number of benzene rings is 1. The van der Waals surface area contributed by atoms with Crippen LogP contribution in [0.1, 0.15) is 36.7 Å². The Hall–Kier alpha value is -2.14. The molecule has 0 saturated carbocycles. The van der Waals surface area contributed by atoms with Crippen LogP contribution in [0.3, 0.4) is 0 Å². The molecule has 1 aliphatic rings. The van der Waals surface area contributed by atoms with Gasteiger partial charge in [0, 0.05) is 5.39 Å². The zero-order valence-corrected chi connectivity index (χ0v) is 11.9. The molecule has 0 spiro atoms. The SMILES string of the molecule is Cc1ccc2oc(-c3nc(C4CCCCN4)no3)cc2c1. The molecule has 2 aromatic heterocycles. The highest BCUT2D eigenvalue weighted by Gasteiger charge is 2.22. The maximum atomic E-state index is 5.79. The normalized spacial score (nSPS) is 19.2. The molecular weight excluding hydrogens is 266 g/mol. The molecule has 1 aromatic carbocycles. The molecule has 21 heavy (non-hydrogen) atoms. The molecule has 0 bridgehead atoms. The van der Waals surface area contributed by atoms with Gasteiger partial charge in [0.25, 0.3) is 5.89 Å². The molecule has 1 fully saturated rings. The second-order valence-electron chi connectivity index (χ2n) is 5.61. The van der Waals surface area contributed by atoms with Gasteiger partial charge in [0.2, 0.25) is 0 Å². The number of aryl methyl sites for hydroxylation is 1. The van der Waals surface area contributed by atoms with E-state index < -0.39 is 0 Å². The van der Waals surface area contributed by atoms with Crippen molar-refractivity contribution in [2.24, 2.45) is 0 Å². The van der Waals surface area contributed by atoms with Crippen molar-refractivity contribution in [1.29, 1.82) is 0 Å². The van der Waals surface area contributed by atoms with Crippen LogP contribution in [0.5, 0.6) is 0 Å². The minimum atomic E-state index is 0.197. The smallest absolute Gasteiger partial charge is 0.293 e. The number of hydrogen-bond acceptors (Lipinski definition) is 5. The topological polar surface area (TPSA) is 64.1 Å². The molecule has 1 aliphatic heterocycles. The van der Waals surface area contributed by atoms with Gasteiger partial charge < -0.3 is 14.3 Å². The van der Waals surface area contributed by atoms with Crippen LogP contribution in [0.2, 0.25) is 0 Å². The van der Waals surface area contributed by atoms with Gasteiger partial charge in [0.05, 0.1) is 6.04 Å². The third-order valence-corrected chi connectivity index (χ3v) is 3.95. The Balaban J connectivity index is 1.67. The number of piperidine rings is 1. The first-order valence-electron chi connectivity index (χ1n) is 7.37. The lowest BCUT2D eigenvalue weighted by molar-refractivity contribution is 0.364. The van der Waals surface area contributed by atoms with Gasteiger partial charge in [-0.05, 0) is 44.5 Å². The zero-order chi connectivity index (χ0) is 14.2. The Morgan fingerprint density at radius 1 is 1.24 bits per heavy atom. The fourth-order valence-corrected chi connectivity index (χ4v) is 2.82. The predicted molar refractivity (Wildman–Crippen MR) is 78.8 cm³/mol. The Kier molecular flexibility index (Phi) is 3.00. The highest BCUT2D eigenvalue weighted by Crippen LogP contribution is 2.29. The fourth-order valence-electron chi connectivity index (χ4n) is 2.82. The van der Waals surface area contributed by atoms with E-state index in [0.717, 1.165) is 29.8 Å². The highest BCUT2D eigenvalue weighted by molar-refractivity contribution is 5.82. The number of hydrogen-bond donors (Lipinski definition) is 1. The monoisotopic (exact) mass is 283 g/mol. The molecule has 0 aliphatic carbocycles. The van der Waals surface area contributed by atoms with E-state index in [-0.39, 0.29) is 6.04 Å². The van der Waals surface area contributed by atoms with Gasteiger partial charge in [-0.1, -0.05) is 23.2 Å². The Morgan fingerprint density at radius 3 is 3.05 bits per heavy atom. The van der Waals surface area contributed by atoms with E-state index in [1.54, 1.807) is 0 Å². The first-order chi connectivity index (χ1) is 10.3. The molecule has 108 valence electrons. The molecule has 0 amide bonds.